The first-order chi connectivity index (χ1) is 6.63. The Labute approximate surface area is 91.3 Å². The van der Waals surface area contributed by atoms with E-state index in [1.807, 2.05) is 13.0 Å². The average Bonchev–Trinajstić information content (AvgIpc) is 2.45. The summed E-state index contributed by atoms with van der Waals surface area (Å²) in [5.74, 6) is 0. The predicted molar refractivity (Wildman–Crippen MR) is 61.7 cm³/mol. The SMILES string of the molecule is Cc1cc2sc(C=O)c(Cl)c2cc1C. The maximum atomic E-state index is 10.7. The van der Waals surface area contributed by atoms with Gasteiger partial charge >= 0.3 is 0 Å². The molecule has 0 unspecified atom stereocenters. The molecular weight excluding hydrogens is 216 g/mol. The standard InChI is InChI=1S/C11H9ClOS/c1-6-3-8-9(4-7(6)2)14-10(5-13)11(8)12/h3-5H,1-2H3. The molecule has 72 valence electrons. The second-order valence-electron chi connectivity index (χ2n) is 3.33. The highest BCUT2D eigenvalue weighted by molar-refractivity contribution is 7.21. The second kappa shape index (κ2) is 3.37. The van der Waals surface area contributed by atoms with Gasteiger partial charge in [0.05, 0.1) is 9.90 Å². The van der Waals surface area contributed by atoms with Crippen LogP contribution in [0.1, 0.15) is 20.8 Å². The van der Waals surface area contributed by atoms with Crippen molar-refractivity contribution in [2.24, 2.45) is 0 Å². The molecular formula is C11H9ClOS. The highest BCUT2D eigenvalue weighted by Gasteiger charge is 2.10. The van der Waals surface area contributed by atoms with Crippen LogP contribution in [0, 0.1) is 13.8 Å². The van der Waals surface area contributed by atoms with Crippen LogP contribution >= 0.6 is 22.9 Å². The highest BCUT2D eigenvalue weighted by Crippen LogP contribution is 2.35. The molecule has 0 amide bonds. The fourth-order valence-corrected chi connectivity index (χ4v) is 2.78. The number of thiophene rings is 1. The quantitative estimate of drug-likeness (QED) is 0.670. The van der Waals surface area contributed by atoms with Crippen LogP contribution in [0.15, 0.2) is 12.1 Å². The minimum Gasteiger partial charge on any atom is -0.297 e. The summed E-state index contributed by atoms with van der Waals surface area (Å²) in [6.07, 6.45) is 0.817. The first-order valence-corrected chi connectivity index (χ1v) is 5.47. The van der Waals surface area contributed by atoms with Gasteiger partial charge in [0.2, 0.25) is 0 Å². The molecule has 0 aliphatic carbocycles. The molecule has 0 aliphatic heterocycles. The lowest BCUT2D eigenvalue weighted by molar-refractivity contribution is 0.112. The van der Waals surface area contributed by atoms with Gasteiger partial charge in [0.25, 0.3) is 0 Å². The summed E-state index contributed by atoms with van der Waals surface area (Å²) < 4.78 is 1.08. The molecule has 0 N–H and O–H groups in total. The molecule has 1 heterocycles. The molecule has 2 rings (SSSR count). The van der Waals surface area contributed by atoms with Gasteiger partial charge in [-0.05, 0) is 37.1 Å². The van der Waals surface area contributed by atoms with Crippen molar-refractivity contribution in [2.45, 2.75) is 13.8 Å². The Kier molecular flexibility index (Phi) is 2.33. The molecule has 0 saturated carbocycles. The number of halogens is 1. The van der Waals surface area contributed by atoms with Crippen molar-refractivity contribution < 1.29 is 4.79 Å². The van der Waals surface area contributed by atoms with Gasteiger partial charge in [-0.15, -0.1) is 11.3 Å². The van der Waals surface area contributed by atoms with E-state index in [0.29, 0.717) is 9.90 Å². The van der Waals surface area contributed by atoms with Gasteiger partial charge < -0.3 is 0 Å². The second-order valence-corrected chi connectivity index (χ2v) is 4.79. The first kappa shape index (κ1) is 9.69. The summed E-state index contributed by atoms with van der Waals surface area (Å²) in [7, 11) is 0. The van der Waals surface area contributed by atoms with Gasteiger partial charge in [0.15, 0.2) is 6.29 Å². The summed E-state index contributed by atoms with van der Waals surface area (Å²) in [5.41, 5.74) is 2.43. The van der Waals surface area contributed by atoms with Crippen LogP contribution in [0.4, 0.5) is 0 Å². The zero-order valence-corrected chi connectivity index (χ0v) is 9.50. The van der Waals surface area contributed by atoms with E-state index in [-0.39, 0.29) is 0 Å². The molecule has 0 bridgehead atoms. The van der Waals surface area contributed by atoms with Crippen molar-refractivity contribution in [1.82, 2.24) is 0 Å². The summed E-state index contributed by atoms with van der Waals surface area (Å²) in [6, 6.07) is 4.12. The average molecular weight is 225 g/mol. The number of carbonyl (C=O) groups is 1. The van der Waals surface area contributed by atoms with E-state index in [4.69, 9.17) is 11.6 Å². The molecule has 1 nitrogen and oxygen atoms in total. The Hall–Kier alpha value is -0.860. The summed E-state index contributed by atoms with van der Waals surface area (Å²) in [5, 5.41) is 1.57. The predicted octanol–water partition coefficient (Wildman–Crippen LogP) is 3.98. The molecule has 0 saturated heterocycles. The molecule has 3 heteroatoms. The number of hydrogen-bond donors (Lipinski definition) is 0. The third-order valence-electron chi connectivity index (χ3n) is 2.38. The van der Waals surface area contributed by atoms with Crippen molar-refractivity contribution in [3.8, 4) is 0 Å². The Bertz CT molecular complexity index is 513. The van der Waals surface area contributed by atoms with E-state index in [1.54, 1.807) is 0 Å². The maximum Gasteiger partial charge on any atom is 0.161 e. The van der Waals surface area contributed by atoms with Crippen LogP contribution in [-0.2, 0) is 0 Å². The molecule has 0 spiro atoms. The number of rotatable bonds is 1. The molecule has 1 aromatic carbocycles. The zero-order chi connectivity index (χ0) is 10.3. The van der Waals surface area contributed by atoms with Gasteiger partial charge in [0, 0.05) is 10.1 Å². The van der Waals surface area contributed by atoms with Gasteiger partial charge in [-0.3, -0.25) is 4.79 Å². The van der Waals surface area contributed by atoms with Crippen molar-refractivity contribution >= 4 is 39.3 Å². The van der Waals surface area contributed by atoms with Crippen molar-refractivity contribution in [3.63, 3.8) is 0 Å². The van der Waals surface area contributed by atoms with E-state index in [9.17, 15) is 4.79 Å². The molecule has 0 radical (unpaired) electrons. The molecule has 1 aromatic heterocycles. The molecule has 0 atom stereocenters. The van der Waals surface area contributed by atoms with Crippen LogP contribution in [0.2, 0.25) is 5.02 Å². The van der Waals surface area contributed by atoms with Crippen LogP contribution in [-0.4, -0.2) is 6.29 Å². The monoisotopic (exact) mass is 224 g/mol. The van der Waals surface area contributed by atoms with Gasteiger partial charge in [-0.25, -0.2) is 0 Å². The van der Waals surface area contributed by atoms with E-state index >= 15 is 0 Å². The fourth-order valence-electron chi connectivity index (χ4n) is 1.42. The van der Waals surface area contributed by atoms with E-state index in [2.05, 4.69) is 13.0 Å². The fraction of sp³-hybridized carbons (Fsp3) is 0.182. The molecule has 2 aromatic rings. The van der Waals surface area contributed by atoms with Crippen LogP contribution in [0.25, 0.3) is 10.1 Å². The topological polar surface area (TPSA) is 17.1 Å². The Morgan fingerprint density at radius 3 is 2.57 bits per heavy atom. The van der Waals surface area contributed by atoms with Crippen molar-refractivity contribution in [1.29, 1.82) is 0 Å². The van der Waals surface area contributed by atoms with Gasteiger partial charge in [-0.1, -0.05) is 11.6 Å². The first-order valence-electron chi connectivity index (χ1n) is 4.28. The van der Waals surface area contributed by atoms with Crippen molar-refractivity contribution in [2.75, 3.05) is 0 Å². The lowest BCUT2D eigenvalue weighted by Crippen LogP contribution is -1.78. The number of aryl methyl sites for hydroxylation is 2. The van der Waals surface area contributed by atoms with E-state index in [1.165, 1.54) is 22.5 Å². The number of aldehydes is 1. The molecule has 0 fully saturated rings. The maximum absolute atomic E-state index is 10.7. The summed E-state index contributed by atoms with van der Waals surface area (Å²) in [6.45, 7) is 4.10. The van der Waals surface area contributed by atoms with Crippen LogP contribution in [0.3, 0.4) is 0 Å². The molecule has 14 heavy (non-hydrogen) atoms. The van der Waals surface area contributed by atoms with Crippen molar-refractivity contribution in [3.05, 3.63) is 33.2 Å². The van der Waals surface area contributed by atoms with Crippen LogP contribution < -0.4 is 0 Å². The van der Waals surface area contributed by atoms with Gasteiger partial charge in [-0.2, -0.15) is 0 Å². The third-order valence-corrected chi connectivity index (χ3v) is 3.97. The summed E-state index contributed by atoms with van der Waals surface area (Å²) >= 11 is 7.51. The number of carbonyl (C=O) groups excluding carboxylic acids is 1. The lowest BCUT2D eigenvalue weighted by atomic mass is 10.1. The smallest absolute Gasteiger partial charge is 0.161 e. The lowest BCUT2D eigenvalue weighted by Gasteiger charge is -1.98. The number of hydrogen-bond acceptors (Lipinski definition) is 2. The van der Waals surface area contributed by atoms with E-state index < -0.39 is 0 Å². The summed E-state index contributed by atoms with van der Waals surface area (Å²) in [4.78, 5) is 11.3. The zero-order valence-electron chi connectivity index (χ0n) is 7.93. The number of benzene rings is 1. The Balaban J connectivity index is 2.86. The van der Waals surface area contributed by atoms with E-state index in [0.717, 1.165) is 16.4 Å². The Morgan fingerprint density at radius 1 is 1.29 bits per heavy atom. The minimum absolute atomic E-state index is 0.586. The highest BCUT2D eigenvalue weighted by atomic mass is 35.5. The van der Waals surface area contributed by atoms with Crippen LogP contribution in [0.5, 0.6) is 0 Å². The largest absolute Gasteiger partial charge is 0.297 e. The Morgan fingerprint density at radius 2 is 1.93 bits per heavy atom. The number of fused-ring (bicyclic) bond motifs is 1. The molecule has 0 aliphatic rings. The third kappa shape index (κ3) is 1.35. The minimum atomic E-state index is 0.586. The normalized spacial score (nSPS) is 10.8. The van der Waals surface area contributed by atoms with Gasteiger partial charge in [0.1, 0.15) is 0 Å².